The van der Waals surface area contributed by atoms with Gasteiger partial charge in [0.25, 0.3) is 5.91 Å². The quantitative estimate of drug-likeness (QED) is 0.413. The lowest BCUT2D eigenvalue weighted by Crippen LogP contribution is -2.30. The number of hydrogen-bond donors (Lipinski definition) is 1. The lowest BCUT2D eigenvalue weighted by Gasteiger charge is -2.11. The molecule has 1 N–H and O–H groups in total. The van der Waals surface area contributed by atoms with Crippen LogP contribution in [-0.4, -0.2) is 32.1 Å². The van der Waals surface area contributed by atoms with Crippen LogP contribution in [0.2, 0.25) is 0 Å². The molecule has 1 aromatic carbocycles. The number of carbonyl (C=O) groups is 2. The summed E-state index contributed by atoms with van der Waals surface area (Å²) in [7, 11) is 2.75. The Morgan fingerprint density at radius 1 is 1.21 bits per heavy atom. The molecule has 0 saturated carbocycles. The number of benzene rings is 1. The van der Waals surface area contributed by atoms with Gasteiger partial charge in [0.1, 0.15) is 24.0 Å². The molecule has 1 aromatic heterocycles. The molecule has 29 heavy (non-hydrogen) atoms. The van der Waals surface area contributed by atoms with Crippen LogP contribution in [0.25, 0.3) is 6.08 Å². The summed E-state index contributed by atoms with van der Waals surface area (Å²) in [6.07, 6.45) is 1.47. The van der Waals surface area contributed by atoms with Gasteiger partial charge in [-0.05, 0) is 49.8 Å². The molecule has 0 bridgehead atoms. The van der Waals surface area contributed by atoms with Crippen LogP contribution < -0.4 is 14.8 Å². The van der Waals surface area contributed by atoms with Crippen molar-refractivity contribution in [3.63, 3.8) is 0 Å². The van der Waals surface area contributed by atoms with Crippen molar-refractivity contribution in [1.29, 1.82) is 5.26 Å². The summed E-state index contributed by atoms with van der Waals surface area (Å²) in [5.41, 5.74) is 0.593. The van der Waals surface area contributed by atoms with Crippen molar-refractivity contribution in [2.75, 3.05) is 14.2 Å². The van der Waals surface area contributed by atoms with Crippen LogP contribution >= 0.6 is 0 Å². The fraction of sp³-hybridized carbons (Fsp3) is 0.286. The molecule has 0 radical (unpaired) electrons. The predicted octanol–water partition coefficient (Wildman–Crippen LogP) is 3.09. The highest BCUT2D eigenvalue weighted by Gasteiger charge is 2.14. The van der Waals surface area contributed by atoms with Crippen LogP contribution in [0.15, 0.2) is 40.3 Å². The maximum atomic E-state index is 12.0. The maximum absolute atomic E-state index is 12.0. The van der Waals surface area contributed by atoms with Crippen molar-refractivity contribution in [1.82, 2.24) is 5.32 Å². The summed E-state index contributed by atoms with van der Waals surface area (Å²) in [5, 5.41) is 11.9. The van der Waals surface area contributed by atoms with Crippen molar-refractivity contribution < 1.29 is 28.2 Å². The summed E-state index contributed by atoms with van der Waals surface area (Å²) in [6.45, 7) is 3.70. The summed E-state index contributed by atoms with van der Waals surface area (Å²) in [6, 6.07) is 9.94. The van der Waals surface area contributed by atoms with E-state index in [9.17, 15) is 14.9 Å². The first-order valence-electron chi connectivity index (χ1n) is 8.78. The molecule has 0 aliphatic carbocycles. The second-order valence-corrected chi connectivity index (χ2v) is 6.25. The standard InChI is InChI=1S/C21H22N2O6/c1-13(2)23-20(24)15(11-22)9-14-5-7-17(19(10-14)26-3)28-12-16-6-8-18(29-16)21(25)27-4/h5-10,13H,12H2,1-4H3,(H,23,24)/b15-9+. The van der Waals surface area contributed by atoms with Crippen molar-refractivity contribution in [3.05, 3.63) is 53.0 Å². The predicted molar refractivity (Wildman–Crippen MR) is 104 cm³/mol. The van der Waals surface area contributed by atoms with E-state index < -0.39 is 11.9 Å². The Morgan fingerprint density at radius 2 is 1.97 bits per heavy atom. The lowest BCUT2D eigenvalue weighted by atomic mass is 10.1. The molecule has 0 unspecified atom stereocenters. The van der Waals surface area contributed by atoms with Crippen molar-refractivity contribution in [2.24, 2.45) is 0 Å². The Labute approximate surface area is 168 Å². The highest BCUT2D eigenvalue weighted by Crippen LogP contribution is 2.30. The number of nitriles is 1. The molecule has 2 aromatic rings. The molecule has 0 fully saturated rings. The van der Waals surface area contributed by atoms with Gasteiger partial charge in [0, 0.05) is 6.04 Å². The van der Waals surface area contributed by atoms with Gasteiger partial charge >= 0.3 is 5.97 Å². The van der Waals surface area contributed by atoms with E-state index in [1.807, 2.05) is 19.9 Å². The Morgan fingerprint density at radius 3 is 2.59 bits per heavy atom. The SMILES string of the molecule is COC(=O)c1ccc(COc2ccc(/C=C(\C#N)C(=O)NC(C)C)cc2OC)o1. The van der Waals surface area contributed by atoms with Gasteiger partial charge in [-0.3, -0.25) is 4.79 Å². The van der Waals surface area contributed by atoms with E-state index in [0.29, 0.717) is 22.8 Å². The first-order valence-corrected chi connectivity index (χ1v) is 8.78. The minimum atomic E-state index is -0.570. The number of methoxy groups -OCH3 is 2. The third-order valence-corrected chi connectivity index (χ3v) is 3.70. The summed E-state index contributed by atoms with van der Waals surface area (Å²) >= 11 is 0. The van der Waals surface area contributed by atoms with Gasteiger partial charge in [0.15, 0.2) is 11.5 Å². The van der Waals surface area contributed by atoms with Crippen molar-refractivity contribution >= 4 is 18.0 Å². The van der Waals surface area contributed by atoms with Gasteiger partial charge in [0.2, 0.25) is 5.76 Å². The third-order valence-electron chi connectivity index (χ3n) is 3.70. The minimum Gasteiger partial charge on any atom is -0.493 e. The van der Waals surface area contributed by atoms with E-state index in [1.54, 1.807) is 24.3 Å². The average Bonchev–Trinajstić information content (AvgIpc) is 3.18. The van der Waals surface area contributed by atoms with Gasteiger partial charge < -0.3 is 23.9 Å². The number of carbonyl (C=O) groups excluding carboxylic acids is 2. The second-order valence-electron chi connectivity index (χ2n) is 6.25. The normalized spacial score (nSPS) is 11.0. The van der Waals surface area contributed by atoms with E-state index in [2.05, 4.69) is 10.1 Å². The zero-order valence-electron chi connectivity index (χ0n) is 16.6. The van der Waals surface area contributed by atoms with Crippen LogP contribution in [0, 0.1) is 11.3 Å². The van der Waals surface area contributed by atoms with Gasteiger partial charge in [-0.1, -0.05) is 6.07 Å². The maximum Gasteiger partial charge on any atom is 0.373 e. The molecule has 1 heterocycles. The molecular formula is C21H22N2O6. The van der Waals surface area contributed by atoms with Gasteiger partial charge in [-0.25, -0.2) is 4.79 Å². The molecule has 2 rings (SSSR count). The lowest BCUT2D eigenvalue weighted by molar-refractivity contribution is -0.117. The first kappa shape index (κ1) is 21.6. The van der Waals surface area contributed by atoms with Crippen LogP contribution in [0.4, 0.5) is 0 Å². The van der Waals surface area contributed by atoms with E-state index in [0.717, 1.165) is 0 Å². The molecule has 8 nitrogen and oxygen atoms in total. The Bertz CT molecular complexity index is 952. The highest BCUT2D eigenvalue weighted by molar-refractivity contribution is 6.01. The third kappa shape index (κ3) is 5.87. The van der Waals surface area contributed by atoms with Crippen LogP contribution in [0.3, 0.4) is 0 Å². The number of hydrogen-bond acceptors (Lipinski definition) is 7. The zero-order valence-corrected chi connectivity index (χ0v) is 16.6. The Hall–Kier alpha value is -3.73. The second kappa shape index (κ2) is 9.99. The molecule has 0 aliphatic rings. The average molecular weight is 398 g/mol. The smallest absolute Gasteiger partial charge is 0.373 e. The molecule has 0 saturated heterocycles. The number of nitrogens with one attached hydrogen (secondary N) is 1. The van der Waals surface area contributed by atoms with E-state index in [1.165, 1.54) is 26.4 Å². The number of ether oxygens (including phenoxy) is 3. The Kier molecular flexibility index (Phi) is 7.43. The highest BCUT2D eigenvalue weighted by atomic mass is 16.5. The van der Waals surface area contributed by atoms with Crippen molar-refractivity contribution in [3.8, 4) is 17.6 Å². The molecular weight excluding hydrogens is 376 g/mol. The molecule has 152 valence electrons. The minimum absolute atomic E-state index is 0.0136. The van der Waals surface area contributed by atoms with Gasteiger partial charge in [-0.2, -0.15) is 5.26 Å². The fourth-order valence-corrected chi connectivity index (χ4v) is 2.36. The number of furan rings is 1. The number of esters is 1. The number of rotatable bonds is 8. The van der Waals surface area contributed by atoms with Gasteiger partial charge in [0.05, 0.1) is 14.2 Å². The number of nitrogens with zero attached hydrogens (tertiary/aromatic N) is 1. The number of amides is 1. The van der Waals surface area contributed by atoms with E-state index in [-0.39, 0.29) is 24.0 Å². The largest absolute Gasteiger partial charge is 0.493 e. The fourth-order valence-electron chi connectivity index (χ4n) is 2.36. The monoisotopic (exact) mass is 398 g/mol. The Balaban J connectivity index is 2.15. The van der Waals surface area contributed by atoms with Gasteiger partial charge in [-0.15, -0.1) is 0 Å². The molecule has 0 aliphatic heterocycles. The van der Waals surface area contributed by atoms with Crippen LogP contribution in [0.1, 0.15) is 35.7 Å². The molecule has 0 spiro atoms. The van der Waals surface area contributed by atoms with E-state index in [4.69, 9.17) is 13.9 Å². The topological polar surface area (TPSA) is 111 Å². The molecule has 1 amide bonds. The first-order chi connectivity index (χ1) is 13.9. The van der Waals surface area contributed by atoms with Crippen molar-refractivity contribution in [2.45, 2.75) is 26.5 Å². The van der Waals surface area contributed by atoms with E-state index >= 15 is 0 Å². The molecule has 0 atom stereocenters. The summed E-state index contributed by atoms with van der Waals surface area (Å²) in [5.74, 6) is 0.363. The van der Waals surface area contributed by atoms with Crippen LogP contribution in [0.5, 0.6) is 11.5 Å². The summed E-state index contributed by atoms with van der Waals surface area (Å²) in [4.78, 5) is 23.5. The zero-order chi connectivity index (χ0) is 21.4. The summed E-state index contributed by atoms with van der Waals surface area (Å²) < 4.78 is 21.0. The van der Waals surface area contributed by atoms with Crippen LogP contribution in [-0.2, 0) is 16.1 Å². The molecule has 8 heteroatoms.